The van der Waals surface area contributed by atoms with Crippen molar-refractivity contribution in [3.8, 4) is 0 Å². The Morgan fingerprint density at radius 3 is 3.00 bits per heavy atom. The number of rotatable bonds is 5. The van der Waals surface area contributed by atoms with E-state index in [4.69, 9.17) is 0 Å². The second-order valence-electron chi connectivity index (χ2n) is 3.90. The van der Waals surface area contributed by atoms with E-state index in [1.807, 2.05) is 23.1 Å². The molecule has 0 atom stereocenters. The number of hydrogen-bond acceptors (Lipinski definition) is 4. The van der Waals surface area contributed by atoms with Crippen LogP contribution in [0.4, 0.5) is 0 Å². The summed E-state index contributed by atoms with van der Waals surface area (Å²) in [6, 6.07) is 2.03. The van der Waals surface area contributed by atoms with Crippen LogP contribution in [0.2, 0.25) is 0 Å². The van der Waals surface area contributed by atoms with Crippen LogP contribution in [0.1, 0.15) is 23.9 Å². The zero-order valence-electron chi connectivity index (χ0n) is 10.2. The van der Waals surface area contributed by atoms with E-state index in [1.54, 1.807) is 6.33 Å². The predicted molar refractivity (Wildman–Crippen MR) is 65.2 cm³/mol. The molecule has 0 aliphatic heterocycles. The molecule has 2 heterocycles. The normalized spacial score (nSPS) is 10.7. The van der Waals surface area contributed by atoms with Crippen LogP contribution in [0.3, 0.4) is 0 Å². The fourth-order valence-electron chi connectivity index (χ4n) is 1.70. The number of nitrogens with one attached hydrogen (secondary N) is 1. The van der Waals surface area contributed by atoms with Crippen LogP contribution in [-0.4, -0.2) is 19.7 Å². The molecule has 90 valence electrons. The van der Waals surface area contributed by atoms with Gasteiger partial charge in [0.2, 0.25) is 0 Å². The number of aromatic nitrogens is 4. The highest BCUT2D eigenvalue weighted by Crippen LogP contribution is 2.04. The molecule has 0 aliphatic rings. The van der Waals surface area contributed by atoms with Gasteiger partial charge in [0, 0.05) is 25.5 Å². The molecule has 0 unspecified atom stereocenters. The largest absolute Gasteiger partial charge is 0.306 e. The molecule has 0 aromatic carbocycles. The van der Waals surface area contributed by atoms with Gasteiger partial charge in [0.1, 0.15) is 12.2 Å². The van der Waals surface area contributed by atoms with E-state index in [0.29, 0.717) is 0 Å². The molecule has 0 aliphatic carbocycles. The van der Waals surface area contributed by atoms with Crippen molar-refractivity contribution in [2.45, 2.75) is 33.5 Å². The molecule has 5 nitrogen and oxygen atoms in total. The lowest BCUT2D eigenvalue weighted by Crippen LogP contribution is -2.17. The van der Waals surface area contributed by atoms with Crippen molar-refractivity contribution in [1.29, 1.82) is 0 Å². The molecule has 0 saturated carbocycles. The highest BCUT2D eigenvalue weighted by atomic mass is 15.3. The molecule has 5 heteroatoms. The summed E-state index contributed by atoms with van der Waals surface area (Å²) in [5.41, 5.74) is 2.47. The zero-order chi connectivity index (χ0) is 12.1. The summed E-state index contributed by atoms with van der Waals surface area (Å²) in [7, 11) is 0. The van der Waals surface area contributed by atoms with E-state index in [1.165, 1.54) is 11.1 Å². The Bertz CT molecular complexity index is 477. The standard InChI is InChI=1S/C12H17N5/c1-3-17-12(15-9-16-17)8-14-7-11-4-5-13-6-10(11)2/h4-6,9,14H,3,7-8H2,1-2H3. The summed E-state index contributed by atoms with van der Waals surface area (Å²) >= 11 is 0. The van der Waals surface area contributed by atoms with E-state index in [2.05, 4.69) is 34.2 Å². The quantitative estimate of drug-likeness (QED) is 0.842. The lowest BCUT2D eigenvalue weighted by Gasteiger charge is -2.07. The Morgan fingerprint density at radius 2 is 2.24 bits per heavy atom. The molecular formula is C12H17N5. The molecule has 1 N–H and O–H groups in total. The van der Waals surface area contributed by atoms with Crippen molar-refractivity contribution < 1.29 is 0 Å². The van der Waals surface area contributed by atoms with Gasteiger partial charge in [-0.1, -0.05) is 0 Å². The molecule has 0 bridgehead atoms. The van der Waals surface area contributed by atoms with Crippen molar-refractivity contribution in [3.63, 3.8) is 0 Å². The van der Waals surface area contributed by atoms with Crippen LogP contribution in [0.5, 0.6) is 0 Å². The third-order valence-corrected chi connectivity index (χ3v) is 2.73. The molecule has 2 rings (SSSR count). The second-order valence-corrected chi connectivity index (χ2v) is 3.90. The van der Waals surface area contributed by atoms with Crippen LogP contribution < -0.4 is 5.32 Å². The van der Waals surface area contributed by atoms with E-state index >= 15 is 0 Å². The van der Waals surface area contributed by atoms with Gasteiger partial charge in [-0.25, -0.2) is 9.67 Å². The van der Waals surface area contributed by atoms with Crippen LogP contribution in [0.15, 0.2) is 24.8 Å². The molecule has 0 radical (unpaired) electrons. The van der Waals surface area contributed by atoms with Gasteiger partial charge < -0.3 is 5.32 Å². The summed E-state index contributed by atoms with van der Waals surface area (Å²) in [4.78, 5) is 8.29. The minimum atomic E-state index is 0.732. The third kappa shape index (κ3) is 2.88. The maximum atomic E-state index is 4.22. The Balaban J connectivity index is 1.90. The van der Waals surface area contributed by atoms with Crippen molar-refractivity contribution in [3.05, 3.63) is 41.7 Å². The summed E-state index contributed by atoms with van der Waals surface area (Å²) in [5.74, 6) is 0.971. The first-order valence-corrected chi connectivity index (χ1v) is 5.78. The Kier molecular flexibility index (Phi) is 3.82. The minimum absolute atomic E-state index is 0.732. The second kappa shape index (κ2) is 5.54. The maximum Gasteiger partial charge on any atom is 0.140 e. The van der Waals surface area contributed by atoms with Crippen molar-refractivity contribution in [2.24, 2.45) is 0 Å². The molecule has 17 heavy (non-hydrogen) atoms. The number of nitrogens with zero attached hydrogens (tertiary/aromatic N) is 4. The monoisotopic (exact) mass is 231 g/mol. The molecule has 0 spiro atoms. The first-order chi connectivity index (χ1) is 8.31. The van der Waals surface area contributed by atoms with Crippen molar-refractivity contribution in [2.75, 3.05) is 0 Å². The average molecular weight is 231 g/mol. The Labute approximate surface area is 101 Å². The van der Waals surface area contributed by atoms with Crippen molar-refractivity contribution in [1.82, 2.24) is 25.1 Å². The van der Waals surface area contributed by atoms with E-state index in [9.17, 15) is 0 Å². The molecule has 0 fully saturated rings. The van der Waals surface area contributed by atoms with Gasteiger partial charge in [-0.15, -0.1) is 0 Å². The lowest BCUT2D eigenvalue weighted by molar-refractivity contribution is 0.571. The van der Waals surface area contributed by atoms with Gasteiger partial charge >= 0.3 is 0 Å². The van der Waals surface area contributed by atoms with E-state index in [0.717, 1.165) is 25.5 Å². The first kappa shape index (κ1) is 11.7. The molecule has 0 saturated heterocycles. The van der Waals surface area contributed by atoms with Gasteiger partial charge in [-0.3, -0.25) is 4.98 Å². The Hall–Kier alpha value is -1.75. The van der Waals surface area contributed by atoms with E-state index < -0.39 is 0 Å². The van der Waals surface area contributed by atoms with Gasteiger partial charge in [0.15, 0.2) is 0 Å². The Morgan fingerprint density at radius 1 is 1.35 bits per heavy atom. The topological polar surface area (TPSA) is 55.6 Å². The maximum absolute atomic E-state index is 4.22. The minimum Gasteiger partial charge on any atom is -0.306 e. The van der Waals surface area contributed by atoms with Gasteiger partial charge in [0.25, 0.3) is 0 Å². The zero-order valence-corrected chi connectivity index (χ0v) is 10.2. The fourth-order valence-corrected chi connectivity index (χ4v) is 1.70. The highest BCUT2D eigenvalue weighted by molar-refractivity contribution is 5.21. The van der Waals surface area contributed by atoms with Gasteiger partial charge in [0.05, 0.1) is 6.54 Å². The predicted octanol–water partition coefficient (Wildman–Crippen LogP) is 1.29. The molecule has 2 aromatic heterocycles. The lowest BCUT2D eigenvalue weighted by atomic mass is 10.1. The number of aryl methyl sites for hydroxylation is 2. The third-order valence-electron chi connectivity index (χ3n) is 2.73. The summed E-state index contributed by atoms with van der Waals surface area (Å²) in [6.45, 7) is 6.54. The van der Waals surface area contributed by atoms with Gasteiger partial charge in [-0.05, 0) is 31.0 Å². The summed E-state index contributed by atoms with van der Waals surface area (Å²) in [5, 5.41) is 7.50. The van der Waals surface area contributed by atoms with Crippen molar-refractivity contribution >= 4 is 0 Å². The highest BCUT2D eigenvalue weighted by Gasteiger charge is 2.02. The average Bonchev–Trinajstić information content (AvgIpc) is 2.79. The SMILES string of the molecule is CCn1ncnc1CNCc1ccncc1C. The van der Waals surface area contributed by atoms with Crippen LogP contribution in [-0.2, 0) is 19.6 Å². The van der Waals surface area contributed by atoms with Crippen LogP contribution in [0, 0.1) is 6.92 Å². The molecule has 2 aromatic rings. The number of pyridine rings is 1. The first-order valence-electron chi connectivity index (χ1n) is 5.78. The van der Waals surface area contributed by atoms with Crippen LogP contribution >= 0.6 is 0 Å². The molecular weight excluding hydrogens is 214 g/mol. The smallest absolute Gasteiger partial charge is 0.140 e. The van der Waals surface area contributed by atoms with E-state index in [-0.39, 0.29) is 0 Å². The molecule has 0 amide bonds. The van der Waals surface area contributed by atoms with Crippen LogP contribution in [0.25, 0.3) is 0 Å². The summed E-state index contributed by atoms with van der Waals surface area (Å²) in [6.07, 6.45) is 5.29. The van der Waals surface area contributed by atoms with Gasteiger partial charge in [-0.2, -0.15) is 5.10 Å². The summed E-state index contributed by atoms with van der Waals surface area (Å²) < 4.78 is 1.90. The number of hydrogen-bond donors (Lipinski definition) is 1. The fraction of sp³-hybridized carbons (Fsp3) is 0.417.